The van der Waals surface area contributed by atoms with Crippen molar-refractivity contribution in [1.82, 2.24) is 0 Å². The minimum absolute atomic E-state index is 0. The van der Waals surface area contributed by atoms with Gasteiger partial charge in [0.2, 0.25) is 0 Å². The molecule has 2 aliphatic heterocycles. The average molecular weight is 586 g/mol. The molecule has 0 saturated carbocycles. The van der Waals surface area contributed by atoms with Crippen LogP contribution in [-0.2, 0) is 31.1 Å². The summed E-state index contributed by atoms with van der Waals surface area (Å²) in [6, 6.07) is 15.9. The van der Waals surface area contributed by atoms with E-state index in [1.165, 1.54) is 57.4 Å². The number of halogens is 2. The maximum Gasteiger partial charge on any atom is -1.00 e. The SMILES string of the molecule is CC1=C2c3cocc3C1[Si]2(C)C.CCCc1ccc(-c2cccc3c2C=C(C)[CH]3[Zr+2])cc1.[Cl-].[Cl-]. The number of hydrogen-bond donors (Lipinski definition) is 0. The van der Waals surface area contributed by atoms with Crippen molar-refractivity contribution >= 4 is 19.3 Å². The summed E-state index contributed by atoms with van der Waals surface area (Å²) >= 11 is 1.59. The smallest absolute Gasteiger partial charge is 1.00 e. The number of benzene rings is 2. The Hall–Kier alpha value is -1.12. The van der Waals surface area contributed by atoms with Crippen molar-refractivity contribution < 1.29 is 54.0 Å². The van der Waals surface area contributed by atoms with Crippen LogP contribution >= 0.6 is 0 Å². The molecule has 2 aromatic carbocycles. The molecule has 34 heavy (non-hydrogen) atoms. The minimum Gasteiger partial charge on any atom is -1.00 e. The molecule has 0 fully saturated rings. The maximum atomic E-state index is 5.22. The van der Waals surface area contributed by atoms with Crippen LogP contribution in [0.25, 0.3) is 22.4 Å². The van der Waals surface area contributed by atoms with E-state index in [0.29, 0.717) is 3.63 Å². The Balaban J connectivity index is 0.000000199. The van der Waals surface area contributed by atoms with Crippen molar-refractivity contribution in [3.8, 4) is 11.1 Å². The van der Waals surface area contributed by atoms with Gasteiger partial charge in [-0.15, -0.1) is 0 Å². The molecule has 5 heteroatoms. The van der Waals surface area contributed by atoms with Crippen LogP contribution in [0.3, 0.4) is 0 Å². The largest absolute Gasteiger partial charge is 1.00 e. The first kappa shape index (κ1) is 27.5. The van der Waals surface area contributed by atoms with Crippen molar-refractivity contribution in [2.75, 3.05) is 0 Å². The second kappa shape index (κ2) is 10.5. The molecule has 2 bridgehead atoms. The third kappa shape index (κ3) is 4.32. The monoisotopic (exact) mass is 583 g/mol. The molecule has 2 atom stereocenters. The molecular formula is C29H31Cl2OSiZr. The van der Waals surface area contributed by atoms with Crippen molar-refractivity contribution in [1.29, 1.82) is 0 Å². The summed E-state index contributed by atoms with van der Waals surface area (Å²) in [6.07, 6.45) is 8.63. The Kier molecular flexibility index (Phi) is 8.46. The van der Waals surface area contributed by atoms with Gasteiger partial charge >= 0.3 is 137 Å². The van der Waals surface area contributed by atoms with Gasteiger partial charge in [-0.3, -0.25) is 0 Å². The summed E-state index contributed by atoms with van der Waals surface area (Å²) in [5.41, 5.74) is 13.9. The number of fused-ring (bicyclic) bond motifs is 1. The first-order chi connectivity index (χ1) is 15.3. The molecule has 0 spiro atoms. The first-order valence-electron chi connectivity index (χ1n) is 11.7. The molecule has 2 aliphatic carbocycles. The predicted octanol–water partition coefficient (Wildman–Crippen LogP) is 2.27. The third-order valence-corrected chi connectivity index (χ3v) is 13.6. The Labute approximate surface area is 232 Å². The van der Waals surface area contributed by atoms with E-state index in [0.717, 1.165) is 5.54 Å². The first-order valence-corrected chi connectivity index (χ1v) is 16.2. The van der Waals surface area contributed by atoms with E-state index < -0.39 is 8.07 Å². The fourth-order valence-electron chi connectivity index (χ4n) is 6.12. The molecule has 1 aromatic heterocycles. The van der Waals surface area contributed by atoms with Gasteiger partial charge in [0.05, 0.1) is 20.6 Å². The molecule has 3 aromatic rings. The van der Waals surface area contributed by atoms with Crippen LogP contribution < -0.4 is 24.8 Å². The number of allylic oxidation sites excluding steroid dienone is 2. The summed E-state index contributed by atoms with van der Waals surface area (Å²) in [5.74, 6) is 0. The molecule has 175 valence electrons. The second-order valence-corrected chi connectivity index (χ2v) is 16.0. The van der Waals surface area contributed by atoms with Crippen LogP contribution in [0.4, 0.5) is 0 Å². The van der Waals surface area contributed by atoms with E-state index in [1.807, 2.05) is 12.5 Å². The van der Waals surface area contributed by atoms with Gasteiger partial charge in [-0.2, -0.15) is 0 Å². The van der Waals surface area contributed by atoms with E-state index in [2.05, 4.69) is 82.4 Å². The molecule has 3 heterocycles. The van der Waals surface area contributed by atoms with Crippen LogP contribution in [0.1, 0.15) is 64.2 Å². The molecule has 0 amide bonds. The maximum absolute atomic E-state index is 5.22. The third-order valence-electron chi connectivity index (χ3n) is 7.55. The van der Waals surface area contributed by atoms with E-state index in [9.17, 15) is 0 Å². The zero-order chi connectivity index (χ0) is 22.6. The summed E-state index contributed by atoms with van der Waals surface area (Å²) in [4.78, 5) is 0. The van der Waals surface area contributed by atoms with Gasteiger partial charge in [-0.1, -0.05) is 18.7 Å². The van der Waals surface area contributed by atoms with Crippen LogP contribution in [0.5, 0.6) is 0 Å². The van der Waals surface area contributed by atoms with Crippen LogP contribution in [-0.4, -0.2) is 8.07 Å². The van der Waals surface area contributed by atoms with Gasteiger partial charge < -0.3 is 29.2 Å². The van der Waals surface area contributed by atoms with Gasteiger partial charge in [0.25, 0.3) is 0 Å². The molecule has 0 N–H and O–H groups in total. The standard InChI is InChI=1S/C19H19.C10H12OSi.2ClH.Zr/c1-3-5-15-8-10-16(11-9-15)18-7-4-6-17-12-14(2)13-19(17)18;1-6-9-7-4-11-5-8(7)10(6)12(9,2)3;;;/h4,6-13H,3,5H2,1-2H3;4-5,9H,1-3H3;2*1H;/q;;;;+2/p-2. The number of furan rings is 1. The number of aryl methyl sites for hydroxylation is 1. The summed E-state index contributed by atoms with van der Waals surface area (Å²) in [6.45, 7) is 11.7. The van der Waals surface area contributed by atoms with Crippen LogP contribution in [0.2, 0.25) is 13.1 Å². The molecule has 1 nitrogen and oxygen atoms in total. The summed E-state index contributed by atoms with van der Waals surface area (Å²) in [7, 11) is -1.04. The van der Waals surface area contributed by atoms with Gasteiger partial charge in [0, 0.05) is 16.7 Å². The van der Waals surface area contributed by atoms with Crippen molar-refractivity contribution in [3.63, 3.8) is 0 Å². The topological polar surface area (TPSA) is 13.1 Å². The summed E-state index contributed by atoms with van der Waals surface area (Å²) < 4.78 is 5.87. The van der Waals surface area contributed by atoms with Crippen molar-refractivity contribution in [2.24, 2.45) is 0 Å². The quantitative estimate of drug-likeness (QED) is 0.430. The molecular weight excluding hydrogens is 555 g/mol. The van der Waals surface area contributed by atoms with Crippen LogP contribution in [0.15, 0.2) is 70.6 Å². The van der Waals surface area contributed by atoms with E-state index in [1.54, 1.807) is 35.5 Å². The Morgan fingerprint density at radius 3 is 2.24 bits per heavy atom. The fourth-order valence-corrected chi connectivity index (χ4v) is 11.3. The Morgan fingerprint density at radius 1 is 0.912 bits per heavy atom. The molecule has 0 radical (unpaired) electrons. The van der Waals surface area contributed by atoms with Gasteiger partial charge in [0.1, 0.15) is 0 Å². The molecule has 4 aliphatic rings. The average Bonchev–Trinajstić information content (AvgIpc) is 3.46. The molecule has 7 rings (SSSR count). The van der Waals surface area contributed by atoms with Crippen LogP contribution in [0, 0.1) is 0 Å². The fraction of sp³-hybridized carbons (Fsp3) is 0.310. The zero-order valence-electron chi connectivity index (χ0n) is 20.5. The van der Waals surface area contributed by atoms with Crippen molar-refractivity contribution in [3.05, 3.63) is 94.0 Å². The van der Waals surface area contributed by atoms with Gasteiger partial charge in [-0.05, 0) is 12.1 Å². The van der Waals surface area contributed by atoms with Crippen molar-refractivity contribution in [2.45, 2.75) is 55.9 Å². The number of rotatable bonds is 3. The zero-order valence-corrected chi connectivity index (χ0v) is 25.5. The van der Waals surface area contributed by atoms with E-state index in [-0.39, 0.29) is 24.8 Å². The summed E-state index contributed by atoms with van der Waals surface area (Å²) in [5, 5.41) is 1.66. The van der Waals surface area contributed by atoms with E-state index in [4.69, 9.17) is 4.42 Å². The predicted molar refractivity (Wildman–Crippen MR) is 134 cm³/mol. The Morgan fingerprint density at radius 2 is 1.62 bits per heavy atom. The second-order valence-electron chi connectivity index (χ2n) is 10.0. The van der Waals surface area contributed by atoms with Gasteiger partial charge in [-0.25, -0.2) is 0 Å². The normalized spacial score (nSPS) is 20.1. The molecule has 0 saturated heterocycles. The van der Waals surface area contributed by atoms with Gasteiger partial charge in [0.15, 0.2) is 0 Å². The molecule has 2 unspecified atom stereocenters. The van der Waals surface area contributed by atoms with E-state index >= 15 is 0 Å². The Bertz CT molecular complexity index is 1250. The number of hydrogen-bond acceptors (Lipinski definition) is 1. The minimum atomic E-state index is -1.04.